The Morgan fingerprint density at radius 2 is 1.52 bits per heavy atom. The van der Waals surface area contributed by atoms with Crippen molar-refractivity contribution in [2.75, 3.05) is 11.3 Å². The van der Waals surface area contributed by atoms with Crippen molar-refractivity contribution >= 4 is 15.7 Å². The van der Waals surface area contributed by atoms with Gasteiger partial charge in [-0.3, -0.25) is 4.72 Å². The fraction of sp³-hybridized carbons (Fsp3) is 0.200. The molecule has 0 atom stereocenters. The first kappa shape index (κ1) is 24.3. The van der Waals surface area contributed by atoms with Gasteiger partial charge < -0.3 is 4.74 Å². The molecule has 33 heavy (non-hydrogen) atoms. The van der Waals surface area contributed by atoms with Crippen molar-refractivity contribution in [3.8, 4) is 17.1 Å². The second-order valence-electron chi connectivity index (χ2n) is 6.62. The van der Waals surface area contributed by atoms with Crippen LogP contribution in [0, 0.1) is 0 Å². The molecule has 0 bridgehead atoms. The van der Waals surface area contributed by atoms with Crippen LogP contribution in [-0.4, -0.2) is 25.2 Å². The van der Waals surface area contributed by atoms with Crippen LogP contribution in [0.5, 0.6) is 5.88 Å². The van der Waals surface area contributed by atoms with E-state index in [4.69, 9.17) is 4.74 Å². The van der Waals surface area contributed by atoms with Gasteiger partial charge in [0.25, 0.3) is 10.0 Å². The average molecular weight is 491 g/mol. The lowest BCUT2D eigenvalue weighted by molar-refractivity contribution is -0.143. The second kappa shape index (κ2) is 8.89. The molecule has 3 rings (SSSR count). The molecule has 0 aliphatic carbocycles. The Morgan fingerprint density at radius 3 is 2.03 bits per heavy atom. The largest absolute Gasteiger partial charge is 0.477 e. The maximum atomic E-state index is 13.1. The molecule has 0 aliphatic rings. The minimum atomic E-state index is -5.18. The number of ether oxygens (including phenoxy) is 1. The number of nitrogens with zero attached hydrogens (tertiary/aromatic N) is 2. The summed E-state index contributed by atoms with van der Waals surface area (Å²) >= 11 is 0. The number of anilines is 1. The molecule has 0 spiro atoms. The minimum Gasteiger partial charge on any atom is -0.477 e. The van der Waals surface area contributed by atoms with E-state index >= 15 is 0 Å². The molecule has 0 radical (unpaired) electrons. The van der Waals surface area contributed by atoms with Gasteiger partial charge in [0.2, 0.25) is 5.88 Å². The van der Waals surface area contributed by atoms with Crippen molar-refractivity contribution in [1.82, 2.24) is 10.2 Å². The first-order valence-corrected chi connectivity index (χ1v) is 10.7. The molecule has 0 aliphatic heterocycles. The molecule has 3 aromatic rings. The van der Waals surface area contributed by atoms with Crippen LogP contribution in [0.15, 0.2) is 59.5 Å². The highest BCUT2D eigenvalue weighted by atomic mass is 32.2. The Hall–Kier alpha value is -3.35. The third kappa shape index (κ3) is 5.92. The standard InChI is InChI=1S/C20H15F6N3O3S/c1-2-32-18-7-6-17(27-28-18)12-4-3-5-15(8-12)29-33(30,31)16-10-13(19(21,22)23)9-14(11-16)20(24,25)26/h3-11,29H,2H2,1H3. The molecule has 1 N–H and O–H groups in total. The van der Waals surface area contributed by atoms with Gasteiger partial charge in [0.15, 0.2) is 0 Å². The lowest BCUT2D eigenvalue weighted by Crippen LogP contribution is -2.17. The van der Waals surface area contributed by atoms with Gasteiger partial charge >= 0.3 is 12.4 Å². The molecule has 6 nitrogen and oxygen atoms in total. The average Bonchev–Trinajstić information content (AvgIpc) is 2.73. The number of benzene rings is 2. The number of halogens is 6. The number of sulfonamides is 1. The number of nitrogens with one attached hydrogen (secondary N) is 1. The lowest BCUT2D eigenvalue weighted by atomic mass is 10.1. The number of hydrogen-bond acceptors (Lipinski definition) is 5. The van der Waals surface area contributed by atoms with Gasteiger partial charge in [-0.1, -0.05) is 12.1 Å². The summed E-state index contributed by atoms with van der Waals surface area (Å²) in [6, 6.07) is 8.79. The summed E-state index contributed by atoms with van der Waals surface area (Å²) in [7, 11) is -4.80. The van der Waals surface area contributed by atoms with E-state index in [1.807, 2.05) is 4.72 Å². The Labute approximate surface area is 184 Å². The Bertz CT molecular complexity index is 1210. The van der Waals surface area contributed by atoms with E-state index < -0.39 is 38.4 Å². The van der Waals surface area contributed by atoms with Crippen LogP contribution in [0.4, 0.5) is 32.0 Å². The molecule has 0 saturated heterocycles. The quantitative estimate of drug-likeness (QED) is 0.469. The van der Waals surface area contributed by atoms with E-state index in [2.05, 4.69) is 10.2 Å². The molecule has 2 aromatic carbocycles. The maximum Gasteiger partial charge on any atom is 0.416 e. The van der Waals surface area contributed by atoms with E-state index in [1.165, 1.54) is 24.3 Å². The van der Waals surface area contributed by atoms with Gasteiger partial charge in [-0.15, -0.1) is 10.2 Å². The normalized spacial score (nSPS) is 12.5. The SMILES string of the molecule is CCOc1ccc(-c2cccc(NS(=O)(=O)c3cc(C(F)(F)F)cc(C(F)(F)F)c3)c2)nn1. The van der Waals surface area contributed by atoms with Gasteiger partial charge in [-0.05, 0) is 43.3 Å². The summed E-state index contributed by atoms with van der Waals surface area (Å²) in [5.41, 5.74) is -2.86. The smallest absolute Gasteiger partial charge is 0.416 e. The lowest BCUT2D eigenvalue weighted by Gasteiger charge is -2.15. The third-order valence-electron chi connectivity index (χ3n) is 4.21. The van der Waals surface area contributed by atoms with Gasteiger partial charge in [-0.25, -0.2) is 8.42 Å². The highest BCUT2D eigenvalue weighted by molar-refractivity contribution is 7.92. The molecule has 1 aromatic heterocycles. The van der Waals surface area contributed by atoms with Crippen molar-refractivity contribution in [1.29, 1.82) is 0 Å². The fourth-order valence-electron chi connectivity index (χ4n) is 2.74. The van der Waals surface area contributed by atoms with Crippen LogP contribution in [0.1, 0.15) is 18.1 Å². The van der Waals surface area contributed by atoms with Crippen LogP contribution >= 0.6 is 0 Å². The van der Waals surface area contributed by atoms with Crippen molar-refractivity contribution in [3.63, 3.8) is 0 Å². The zero-order valence-electron chi connectivity index (χ0n) is 16.7. The summed E-state index contributed by atoms with van der Waals surface area (Å²) in [6.07, 6.45) is -10.4. The zero-order valence-corrected chi connectivity index (χ0v) is 17.5. The third-order valence-corrected chi connectivity index (χ3v) is 5.58. The van der Waals surface area contributed by atoms with E-state index in [0.717, 1.165) is 0 Å². The van der Waals surface area contributed by atoms with E-state index in [0.29, 0.717) is 17.9 Å². The highest BCUT2D eigenvalue weighted by Gasteiger charge is 2.38. The predicted molar refractivity (Wildman–Crippen MR) is 106 cm³/mol. The van der Waals surface area contributed by atoms with Gasteiger partial charge in [-0.2, -0.15) is 26.3 Å². The molecular weight excluding hydrogens is 476 g/mol. The first-order chi connectivity index (χ1) is 15.3. The highest BCUT2D eigenvalue weighted by Crippen LogP contribution is 2.37. The molecule has 0 saturated carbocycles. The number of hydrogen-bond donors (Lipinski definition) is 1. The molecular formula is C20H15F6N3O3S. The van der Waals surface area contributed by atoms with Gasteiger partial charge in [0.05, 0.1) is 28.3 Å². The van der Waals surface area contributed by atoms with Crippen LogP contribution < -0.4 is 9.46 Å². The molecule has 13 heteroatoms. The Morgan fingerprint density at radius 1 is 0.879 bits per heavy atom. The summed E-state index contributed by atoms with van der Waals surface area (Å²) < 4.78 is 111. The summed E-state index contributed by atoms with van der Waals surface area (Å²) in [6.45, 7) is 2.13. The van der Waals surface area contributed by atoms with Gasteiger partial charge in [0, 0.05) is 17.3 Å². The zero-order chi connectivity index (χ0) is 24.4. The predicted octanol–water partition coefficient (Wildman–Crippen LogP) is 5.38. The first-order valence-electron chi connectivity index (χ1n) is 9.19. The van der Waals surface area contributed by atoms with Crippen LogP contribution in [0.25, 0.3) is 11.3 Å². The molecule has 0 unspecified atom stereocenters. The number of rotatable bonds is 6. The van der Waals surface area contributed by atoms with Crippen molar-refractivity contribution in [2.24, 2.45) is 0 Å². The Balaban J connectivity index is 1.96. The number of aromatic nitrogens is 2. The van der Waals surface area contributed by atoms with E-state index in [9.17, 15) is 34.8 Å². The van der Waals surface area contributed by atoms with Crippen molar-refractivity contribution in [3.05, 3.63) is 65.7 Å². The summed E-state index contributed by atoms with van der Waals surface area (Å²) in [4.78, 5) is -1.18. The van der Waals surface area contributed by atoms with E-state index in [1.54, 1.807) is 19.1 Å². The van der Waals surface area contributed by atoms with Crippen LogP contribution in [0.2, 0.25) is 0 Å². The fourth-order valence-corrected chi connectivity index (χ4v) is 3.86. The van der Waals surface area contributed by atoms with Crippen LogP contribution in [-0.2, 0) is 22.4 Å². The van der Waals surface area contributed by atoms with Crippen molar-refractivity contribution in [2.45, 2.75) is 24.2 Å². The van der Waals surface area contributed by atoms with Crippen LogP contribution in [0.3, 0.4) is 0 Å². The molecule has 0 fully saturated rings. The minimum absolute atomic E-state index is 0.103. The second-order valence-corrected chi connectivity index (χ2v) is 8.30. The molecule has 176 valence electrons. The monoisotopic (exact) mass is 491 g/mol. The topological polar surface area (TPSA) is 81.2 Å². The Kier molecular flexibility index (Phi) is 6.54. The summed E-state index contributed by atoms with van der Waals surface area (Å²) in [5.74, 6) is 0.267. The van der Waals surface area contributed by atoms with Crippen molar-refractivity contribution < 1.29 is 39.5 Å². The number of alkyl halides is 6. The molecule has 0 amide bonds. The summed E-state index contributed by atoms with van der Waals surface area (Å²) in [5, 5.41) is 7.78. The van der Waals surface area contributed by atoms with E-state index in [-0.39, 0.29) is 29.8 Å². The van der Waals surface area contributed by atoms with Gasteiger partial charge in [0.1, 0.15) is 0 Å². The maximum absolute atomic E-state index is 13.1. The molecule has 1 heterocycles.